The first kappa shape index (κ1) is 16.8. The first-order valence-corrected chi connectivity index (χ1v) is 8.63. The average molecular weight is 331 g/mol. The highest BCUT2D eigenvalue weighted by Gasteiger charge is 2.45. The van der Waals surface area contributed by atoms with E-state index in [9.17, 15) is 9.90 Å². The van der Waals surface area contributed by atoms with Gasteiger partial charge in [-0.1, -0.05) is 36.6 Å². The lowest BCUT2D eigenvalue weighted by Crippen LogP contribution is -2.37. The number of amides is 2. The first-order valence-electron chi connectivity index (χ1n) is 8.63. The number of aliphatic hydroxyl groups is 1. The zero-order valence-corrected chi connectivity index (χ0v) is 13.9. The maximum absolute atomic E-state index is 12.7. The molecule has 1 aliphatic carbocycles. The van der Waals surface area contributed by atoms with Crippen molar-refractivity contribution < 1.29 is 14.4 Å². The summed E-state index contributed by atoms with van der Waals surface area (Å²) >= 11 is 0. The second-order valence-corrected chi connectivity index (χ2v) is 6.52. The third kappa shape index (κ3) is 2.98. The molecule has 0 aromatic carbocycles. The minimum Gasteiger partial charge on any atom is -0.371 e. The summed E-state index contributed by atoms with van der Waals surface area (Å²) in [6.07, 6.45) is 8.73. The van der Waals surface area contributed by atoms with Gasteiger partial charge in [0.2, 0.25) is 0 Å². The molecule has 2 atom stereocenters. The predicted molar refractivity (Wildman–Crippen MR) is 91.7 cm³/mol. The second kappa shape index (κ2) is 7.21. The van der Waals surface area contributed by atoms with Gasteiger partial charge in [-0.3, -0.25) is 0 Å². The fourth-order valence-electron chi connectivity index (χ4n) is 3.70. The molecule has 2 fully saturated rings. The van der Waals surface area contributed by atoms with E-state index < -0.39 is 6.23 Å². The lowest BCUT2D eigenvalue weighted by atomic mass is 9.87. The van der Waals surface area contributed by atoms with E-state index in [0.29, 0.717) is 24.7 Å². The molecule has 2 aliphatic rings. The van der Waals surface area contributed by atoms with Crippen LogP contribution in [-0.4, -0.2) is 40.0 Å². The van der Waals surface area contributed by atoms with Crippen molar-refractivity contribution in [3.63, 3.8) is 0 Å². The van der Waals surface area contributed by atoms with Gasteiger partial charge in [-0.05, 0) is 19.3 Å². The summed E-state index contributed by atoms with van der Waals surface area (Å²) < 4.78 is 5.49. The van der Waals surface area contributed by atoms with E-state index in [1.54, 1.807) is 23.1 Å². The minimum absolute atomic E-state index is 0.280. The lowest BCUT2D eigenvalue weighted by molar-refractivity contribution is 0.124. The molecule has 1 N–H and O–H groups in total. The quantitative estimate of drug-likeness (QED) is 0.811. The van der Waals surface area contributed by atoms with Crippen LogP contribution in [-0.2, 0) is 0 Å². The molecule has 2 heterocycles. The van der Waals surface area contributed by atoms with Crippen molar-refractivity contribution in [3.8, 4) is 0 Å². The fraction of sp³-hybridized carbons (Fsp3) is 0.556. The largest absolute Gasteiger partial charge is 0.371 e. The van der Waals surface area contributed by atoms with Gasteiger partial charge in [0.25, 0.3) is 0 Å². The number of urea groups is 1. The molecular formula is C18H25N3O3. The maximum atomic E-state index is 12.7. The van der Waals surface area contributed by atoms with Crippen LogP contribution in [0.25, 0.3) is 0 Å². The number of nitrogens with zero attached hydrogens (tertiary/aromatic N) is 3. The SMILES string of the molecule is C=CCC1C(O)N(c2cc(C3CCCCC3)on2)C(=O)N1CC=C. The van der Waals surface area contributed by atoms with E-state index in [1.807, 2.05) is 0 Å². The number of rotatable bonds is 6. The molecule has 6 heteroatoms. The van der Waals surface area contributed by atoms with E-state index in [2.05, 4.69) is 18.3 Å². The third-order valence-corrected chi connectivity index (χ3v) is 4.97. The fourth-order valence-corrected chi connectivity index (χ4v) is 3.70. The van der Waals surface area contributed by atoms with Crippen LogP contribution in [0.15, 0.2) is 35.9 Å². The zero-order valence-electron chi connectivity index (χ0n) is 13.9. The van der Waals surface area contributed by atoms with E-state index in [0.717, 1.165) is 18.6 Å². The van der Waals surface area contributed by atoms with Gasteiger partial charge >= 0.3 is 6.03 Å². The molecule has 24 heavy (non-hydrogen) atoms. The van der Waals surface area contributed by atoms with Crippen molar-refractivity contribution in [2.45, 2.75) is 56.7 Å². The molecule has 2 amide bonds. The second-order valence-electron chi connectivity index (χ2n) is 6.52. The van der Waals surface area contributed by atoms with Crippen molar-refractivity contribution in [2.24, 2.45) is 0 Å². The molecule has 1 aromatic heterocycles. The molecule has 1 aliphatic heterocycles. The Bertz CT molecular complexity index is 606. The number of aliphatic hydroxyl groups excluding tert-OH is 1. The Balaban J connectivity index is 1.82. The van der Waals surface area contributed by atoms with Crippen molar-refractivity contribution in [2.75, 3.05) is 11.4 Å². The number of carbonyl (C=O) groups is 1. The number of carbonyl (C=O) groups excluding carboxylic acids is 1. The maximum Gasteiger partial charge on any atom is 0.328 e. The highest BCUT2D eigenvalue weighted by Crippen LogP contribution is 2.36. The number of hydrogen-bond acceptors (Lipinski definition) is 4. The van der Waals surface area contributed by atoms with E-state index >= 15 is 0 Å². The van der Waals surface area contributed by atoms with Crippen LogP contribution in [0.3, 0.4) is 0 Å². The number of anilines is 1. The minimum atomic E-state index is -0.972. The predicted octanol–water partition coefficient (Wildman–Crippen LogP) is 3.41. The van der Waals surface area contributed by atoms with E-state index in [-0.39, 0.29) is 12.1 Å². The Morgan fingerprint density at radius 3 is 2.71 bits per heavy atom. The Morgan fingerprint density at radius 2 is 2.04 bits per heavy atom. The number of aromatic nitrogens is 1. The van der Waals surface area contributed by atoms with Crippen LogP contribution >= 0.6 is 0 Å². The molecule has 130 valence electrons. The van der Waals surface area contributed by atoms with E-state index in [4.69, 9.17) is 4.52 Å². The molecule has 6 nitrogen and oxygen atoms in total. The van der Waals surface area contributed by atoms with Crippen molar-refractivity contribution in [1.82, 2.24) is 10.1 Å². The Hall–Kier alpha value is -2.08. The molecular weight excluding hydrogens is 306 g/mol. The average Bonchev–Trinajstić information content (AvgIpc) is 3.15. The van der Waals surface area contributed by atoms with Crippen molar-refractivity contribution >= 4 is 11.8 Å². The summed E-state index contributed by atoms with van der Waals surface area (Å²) in [6, 6.07) is 1.17. The van der Waals surface area contributed by atoms with Gasteiger partial charge in [0.05, 0.1) is 6.04 Å². The lowest BCUT2D eigenvalue weighted by Gasteiger charge is -2.21. The Morgan fingerprint density at radius 1 is 1.29 bits per heavy atom. The molecule has 0 radical (unpaired) electrons. The third-order valence-electron chi connectivity index (χ3n) is 4.97. The molecule has 1 saturated carbocycles. The van der Waals surface area contributed by atoms with E-state index in [1.165, 1.54) is 24.2 Å². The molecule has 3 rings (SSSR count). The summed E-state index contributed by atoms with van der Waals surface area (Å²) in [5.41, 5.74) is 0. The van der Waals surface area contributed by atoms with Gasteiger partial charge in [-0.25, -0.2) is 9.69 Å². The topological polar surface area (TPSA) is 69.8 Å². The molecule has 0 bridgehead atoms. The van der Waals surface area contributed by atoms with Crippen LogP contribution in [0.5, 0.6) is 0 Å². The Labute approximate surface area is 142 Å². The zero-order chi connectivity index (χ0) is 17.1. The van der Waals surface area contributed by atoms with Gasteiger partial charge in [-0.2, -0.15) is 0 Å². The van der Waals surface area contributed by atoms with Crippen LogP contribution in [0.4, 0.5) is 10.6 Å². The van der Waals surface area contributed by atoms with Gasteiger partial charge < -0.3 is 14.5 Å². The van der Waals surface area contributed by atoms with Crippen LogP contribution in [0.1, 0.15) is 50.2 Å². The van der Waals surface area contributed by atoms with Gasteiger partial charge in [-0.15, -0.1) is 13.2 Å². The molecule has 2 unspecified atom stereocenters. The van der Waals surface area contributed by atoms with Gasteiger partial charge in [0, 0.05) is 18.5 Å². The first-order chi connectivity index (χ1) is 11.7. The Kier molecular flexibility index (Phi) is 5.04. The van der Waals surface area contributed by atoms with Crippen molar-refractivity contribution in [3.05, 3.63) is 37.1 Å². The summed E-state index contributed by atoms with van der Waals surface area (Å²) in [7, 11) is 0. The number of hydrogen-bond donors (Lipinski definition) is 1. The van der Waals surface area contributed by atoms with Crippen molar-refractivity contribution in [1.29, 1.82) is 0 Å². The van der Waals surface area contributed by atoms with Crippen LogP contribution in [0.2, 0.25) is 0 Å². The van der Waals surface area contributed by atoms with Gasteiger partial charge in [0.15, 0.2) is 12.0 Å². The summed E-state index contributed by atoms with van der Waals surface area (Å²) in [4.78, 5) is 15.6. The normalized spacial score (nSPS) is 25.3. The van der Waals surface area contributed by atoms with Crippen LogP contribution < -0.4 is 4.90 Å². The molecule has 1 aromatic rings. The summed E-state index contributed by atoms with van der Waals surface area (Å²) in [6.45, 7) is 7.77. The summed E-state index contributed by atoms with van der Waals surface area (Å²) in [5, 5.41) is 14.7. The highest BCUT2D eigenvalue weighted by atomic mass is 16.5. The smallest absolute Gasteiger partial charge is 0.328 e. The highest BCUT2D eigenvalue weighted by molar-refractivity contribution is 5.94. The molecule has 1 saturated heterocycles. The van der Waals surface area contributed by atoms with Crippen LogP contribution in [0, 0.1) is 0 Å². The summed E-state index contributed by atoms with van der Waals surface area (Å²) in [5.74, 6) is 1.56. The monoisotopic (exact) mass is 331 g/mol. The standard InChI is InChI=1S/C18H25N3O3/c1-3-8-14-17(22)21(18(23)20(14)11-4-2)16-12-15(24-19-16)13-9-6-5-7-10-13/h3-4,12-14,17,22H,1-2,5-11H2. The van der Waals surface area contributed by atoms with Gasteiger partial charge in [0.1, 0.15) is 5.76 Å². The molecule has 0 spiro atoms.